The normalized spacial score (nSPS) is 19.8. The van der Waals surface area contributed by atoms with Gasteiger partial charge in [-0.25, -0.2) is 0 Å². The average molecular weight is 233 g/mol. The molecule has 2 atom stereocenters. The molecule has 2 heteroatoms. The van der Waals surface area contributed by atoms with Crippen LogP contribution in [0.4, 0.5) is 0 Å². The van der Waals surface area contributed by atoms with E-state index in [0.717, 1.165) is 25.1 Å². The van der Waals surface area contributed by atoms with E-state index in [0.29, 0.717) is 12.0 Å². The Kier molecular flexibility index (Phi) is 4.06. The van der Waals surface area contributed by atoms with Crippen LogP contribution in [0, 0.1) is 12.8 Å². The third kappa shape index (κ3) is 3.01. The van der Waals surface area contributed by atoms with E-state index in [4.69, 9.17) is 10.5 Å². The number of nitrogens with two attached hydrogens (primary N) is 1. The van der Waals surface area contributed by atoms with Crippen molar-refractivity contribution in [1.29, 1.82) is 0 Å². The third-order valence-electron chi connectivity index (χ3n) is 3.58. The average Bonchev–Trinajstić information content (AvgIpc) is 2.69. The van der Waals surface area contributed by atoms with Crippen molar-refractivity contribution in [2.24, 2.45) is 11.7 Å². The smallest absolute Gasteiger partial charge is 0.123 e. The maximum atomic E-state index is 5.99. The second-order valence-corrected chi connectivity index (χ2v) is 5.18. The van der Waals surface area contributed by atoms with Gasteiger partial charge in [-0.2, -0.15) is 0 Å². The van der Waals surface area contributed by atoms with Crippen LogP contribution in [0.3, 0.4) is 0 Å². The number of benzene rings is 1. The van der Waals surface area contributed by atoms with Gasteiger partial charge in [0, 0.05) is 6.42 Å². The SMILES string of the molecule is CCCC(CN)CC1Cc2cc(C)ccc2O1. The van der Waals surface area contributed by atoms with Crippen LogP contribution in [-0.4, -0.2) is 12.6 Å². The van der Waals surface area contributed by atoms with Gasteiger partial charge < -0.3 is 10.5 Å². The summed E-state index contributed by atoms with van der Waals surface area (Å²) < 4.78 is 5.99. The van der Waals surface area contributed by atoms with Crippen LogP contribution in [-0.2, 0) is 6.42 Å². The van der Waals surface area contributed by atoms with Crippen LogP contribution in [0.1, 0.15) is 37.3 Å². The van der Waals surface area contributed by atoms with Gasteiger partial charge in [0.15, 0.2) is 0 Å². The molecule has 0 saturated carbocycles. The van der Waals surface area contributed by atoms with Crippen LogP contribution in [0.25, 0.3) is 0 Å². The number of aryl methyl sites for hydroxylation is 1. The van der Waals surface area contributed by atoms with Crippen molar-refractivity contribution >= 4 is 0 Å². The fraction of sp³-hybridized carbons (Fsp3) is 0.600. The number of fused-ring (bicyclic) bond motifs is 1. The molecule has 2 nitrogen and oxygen atoms in total. The lowest BCUT2D eigenvalue weighted by molar-refractivity contribution is 0.191. The Morgan fingerprint density at radius 2 is 2.29 bits per heavy atom. The second kappa shape index (κ2) is 5.54. The van der Waals surface area contributed by atoms with Crippen molar-refractivity contribution in [2.45, 2.75) is 45.6 Å². The summed E-state index contributed by atoms with van der Waals surface area (Å²) in [5.41, 5.74) is 8.49. The molecule has 0 aromatic heterocycles. The van der Waals surface area contributed by atoms with E-state index in [1.54, 1.807) is 0 Å². The largest absolute Gasteiger partial charge is 0.490 e. The van der Waals surface area contributed by atoms with Gasteiger partial charge in [-0.15, -0.1) is 0 Å². The van der Waals surface area contributed by atoms with Gasteiger partial charge in [0.25, 0.3) is 0 Å². The number of rotatable bonds is 5. The molecule has 1 aromatic carbocycles. The van der Waals surface area contributed by atoms with Gasteiger partial charge in [-0.05, 0) is 43.9 Å². The van der Waals surface area contributed by atoms with E-state index in [-0.39, 0.29) is 0 Å². The fourth-order valence-electron chi connectivity index (χ4n) is 2.69. The molecule has 94 valence electrons. The molecule has 1 aromatic rings. The van der Waals surface area contributed by atoms with Crippen molar-refractivity contribution in [3.63, 3.8) is 0 Å². The molecule has 1 aliphatic rings. The molecule has 0 radical (unpaired) electrons. The number of hydrogen-bond acceptors (Lipinski definition) is 2. The molecule has 1 heterocycles. The summed E-state index contributed by atoms with van der Waals surface area (Å²) in [5.74, 6) is 1.69. The molecule has 0 bridgehead atoms. The highest BCUT2D eigenvalue weighted by Crippen LogP contribution is 2.32. The van der Waals surface area contributed by atoms with Crippen molar-refractivity contribution in [1.82, 2.24) is 0 Å². The van der Waals surface area contributed by atoms with Gasteiger partial charge in [0.2, 0.25) is 0 Å². The molecule has 17 heavy (non-hydrogen) atoms. The maximum absolute atomic E-state index is 5.99. The predicted octanol–water partition coefficient (Wildman–Crippen LogP) is 3.06. The van der Waals surface area contributed by atoms with E-state index < -0.39 is 0 Å². The monoisotopic (exact) mass is 233 g/mol. The topological polar surface area (TPSA) is 35.2 Å². The molecule has 0 fully saturated rings. The summed E-state index contributed by atoms with van der Waals surface area (Å²) in [6.45, 7) is 5.13. The summed E-state index contributed by atoms with van der Waals surface area (Å²) in [5, 5.41) is 0. The number of ether oxygens (including phenoxy) is 1. The zero-order valence-corrected chi connectivity index (χ0v) is 10.9. The standard InChI is InChI=1S/C15H23NO/c1-3-4-12(10-16)8-14-9-13-7-11(2)5-6-15(13)17-14/h5-7,12,14H,3-4,8-10,16H2,1-2H3. The Labute approximate surface area is 104 Å². The molecule has 2 N–H and O–H groups in total. The minimum absolute atomic E-state index is 0.340. The maximum Gasteiger partial charge on any atom is 0.123 e. The van der Waals surface area contributed by atoms with E-state index >= 15 is 0 Å². The summed E-state index contributed by atoms with van der Waals surface area (Å²) in [7, 11) is 0. The highest BCUT2D eigenvalue weighted by atomic mass is 16.5. The molecule has 0 amide bonds. The van der Waals surface area contributed by atoms with Gasteiger partial charge in [-0.3, -0.25) is 0 Å². The molecular weight excluding hydrogens is 210 g/mol. The second-order valence-electron chi connectivity index (χ2n) is 5.18. The van der Waals surface area contributed by atoms with E-state index in [1.165, 1.54) is 24.0 Å². The van der Waals surface area contributed by atoms with Crippen molar-refractivity contribution < 1.29 is 4.74 Å². The van der Waals surface area contributed by atoms with Crippen LogP contribution >= 0.6 is 0 Å². The molecule has 0 spiro atoms. The first-order valence-corrected chi connectivity index (χ1v) is 6.69. The minimum Gasteiger partial charge on any atom is -0.490 e. The Morgan fingerprint density at radius 3 is 3.00 bits per heavy atom. The highest BCUT2D eigenvalue weighted by Gasteiger charge is 2.25. The van der Waals surface area contributed by atoms with Crippen molar-refractivity contribution in [3.05, 3.63) is 29.3 Å². The summed E-state index contributed by atoms with van der Waals surface area (Å²) in [4.78, 5) is 0. The zero-order valence-electron chi connectivity index (χ0n) is 10.9. The molecular formula is C15H23NO. The lowest BCUT2D eigenvalue weighted by Crippen LogP contribution is -2.23. The lowest BCUT2D eigenvalue weighted by Gasteiger charge is -2.18. The number of hydrogen-bond donors (Lipinski definition) is 1. The first-order chi connectivity index (χ1) is 8.22. The molecule has 0 aliphatic carbocycles. The molecule has 0 saturated heterocycles. The van der Waals surface area contributed by atoms with Gasteiger partial charge in [-0.1, -0.05) is 31.0 Å². The van der Waals surface area contributed by atoms with Gasteiger partial charge in [0.05, 0.1) is 0 Å². The summed E-state index contributed by atoms with van der Waals surface area (Å²) in [6, 6.07) is 6.46. The quantitative estimate of drug-likeness (QED) is 0.848. The Morgan fingerprint density at radius 1 is 1.47 bits per heavy atom. The first-order valence-electron chi connectivity index (χ1n) is 6.69. The highest BCUT2D eigenvalue weighted by molar-refractivity contribution is 5.40. The summed E-state index contributed by atoms with van der Waals surface area (Å²) >= 11 is 0. The van der Waals surface area contributed by atoms with Crippen LogP contribution in [0.5, 0.6) is 5.75 Å². The Balaban J connectivity index is 1.95. The minimum atomic E-state index is 0.340. The van der Waals surface area contributed by atoms with Gasteiger partial charge >= 0.3 is 0 Å². The van der Waals surface area contributed by atoms with Gasteiger partial charge in [0.1, 0.15) is 11.9 Å². The molecule has 2 rings (SSSR count). The van der Waals surface area contributed by atoms with E-state index in [9.17, 15) is 0 Å². The van der Waals surface area contributed by atoms with E-state index in [2.05, 4.69) is 32.0 Å². The predicted molar refractivity (Wildman–Crippen MR) is 71.4 cm³/mol. The van der Waals surface area contributed by atoms with E-state index in [1.807, 2.05) is 0 Å². The van der Waals surface area contributed by atoms with Crippen molar-refractivity contribution in [2.75, 3.05) is 6.54 Å². The third-order valence-corrected chi connectivity index (χ3v) is 3.58. The zero-order chi connectivity index (χ0) is 12.3. The van der Waals surface area contributed by atoms with Crippen LogP contribution < -0.4 is 10.5 Å². The fourth-order valence-corrected chi connectivity index (χ4v) is 2.69. The Bertz CT molecular complexity index is 375. The van der Waals surface area contributed by atoms with Crippen LogP contribution in [0.2, 0.25) is 0 Å². The molecule has 1 aliphatic heterocycles. The molecule has 2 unspecified atom stereocenters. The summed E-state index contributed by atoms with van der Waals surface area (Å²) in [6.07, 6.45) is 4.91. The Hall–Kier alpha value is -1.02. The lowest BCUT2D eigenvalue weighted by atomic mass is 9.94. The first kappa shape index (κ1) is 12.4. The van der Waals surface area contributed by atoms with Crippen molar-refractivity contribution in [3.8, 4) is 5.75 Å². The van der Waals surface area contributed by atoms with Crippen LogP contribution in [0.15, 0.2) is 18.2 Å².